The fourth-order valence-electron chi connectivity index (χ4n) is 1.35. The van der Waals surface area contributed by atoms with Gasteiger partial charge in [-0.25, -0.2) is 14.8 Å². The van der Waals surface area contributed by atoms with E-state index in [0.29, 0.717) is 11.1 Å². The van der Waals surface area contributed by atoms with E-state index < -0.39 is 5.97 Å². The van der Waals surface area contributed by atoms with E-state index in [2.05, 4.69) is 9.97 Å². The number of carboxylic acid groups (broad SMARTS) is 1. The van der Waals surface area contributed by atoms with Gasteiger partial charge in [-0.1, -0.05) is 12.1 Å². The number of carbonyl (C=O) groups is 1. The lowest BCUT2D eigenvalue weighted by molar-refractivity contribution is 0.0691. The second kappa shape index (κ2) is 3.98. The molecule has 0 saturated heterocycles. The summed E-state index contributed by atoms with van der Waals surface area (Å²) < 4.78 is 0. The minimum Gasteiger partial charge on any atom is -0.508 e. The fourth-order valence-corrected chi connectivity index (χ4v) is 1.35. The van der Waals surface area contributed by atoms with Gasteiger partial charge in [0.15, 0.2) is 5.69 Å². The van der Waals surface area contributed by atoms with Crippen LogP contribution in [0.1, 0.15) is 10.5 Å². The molecule has 16 heavy (non-hydrogen) atoms. The Morgan fingerprint density at radius 3 is 2.50 bits per heavy atom. The fraction of sp³-hybridized carbons (Fsp3) is 0. The molecule has 2 rings (SSSR count). The van der Waals surface area contributed by atoms with Gasteiger partial charge in [0.2, 0.25) is 0 Å². The SMILES string of the molecule is O=C(O)c1ncncc1-c1ccc(O)cc1. The van der Waals surface area contributed by atoms with Gasteiger partial charge in [0, 0.05) is 11.8 Å². The predicted octanol–water partition coefficient (Wildman–Crippen LogP) is 1.55. The van der Waals surface area contributed by atoms with E-state index >= 15 is 0 Å². The van der Waals surface area contributed by atoms with Crippen LogP contribution in [0.5, 0.6) is 5.75 Å². The molecule has 2 N–H and O–H groups in total. The Morgan fingerprint density at radius 1 is 1.19 bits per heavy atom. The average molecular weight is 216 g/mol. The van der Waals surface area contributed by atoms with Crippen LogP contribution in [-0.2, 0) is 0 Å². The van der Waals surface area contributed by atoms with Crippen LogP contribution in [0.4, 0.5) is 0 Å². The van der Waals surface area contributed by atoms with Crippen molar-refractivity contribution in [2.45, 2.75) is 0 Å². The first-order valence-electron chi connectivity index (χ1n) is 4.51. The van der Waals surface area contributed by atoms with Gasteiger partial charge >= 0.3 is 5.97 Å². The summed E-state index contributed by atoms with van der Waals surface area (Å²) in [5, 5.41) is 18.1. The van der Waals surface area contributed by atoms with Crippen LogP contribution in [0.3, 0.4) is 0 Å². The lowest BCUT2D eigenvalue weighted by Gasteiger charge is -2.04. The minimum atomic E-state index is -1.11. The zero-order chi connectivity index (χ0) is 11.5. The number of carboxylic acids is 1. The van der Waals surface area contributed by atoms with Crippen molar-refractivity contribution in [1.82, 2.24) is 9.97 Å². The number of aromatic hydroxyl groups is 1. The normalized spacial score (nSPS) is 10.0. The molecule has 0 saturated carbocycles. The van der Waals surface area contributed by atoms with Gasteiger partial charge in [-0.05, 0) is 17.7 Å². The Bertz CT molecular complexity index is 523. The van der Waals surface area contributed by atoms with Crippen LogP contribution in [-0.4, -0.2) is 26.2 Å². The third-order valence-electron chi connectivity index (χ3n) is 2.09. The third kappa shape index (κ3) is 1.83. The smallest absolute Gasteiger partial charge is 0.355 e. The quantitative estimate of drug-likeness (QED) is 0.795. The van der Waals surface area contributed by atoms with Gasteiger partial charge in [0.05, 0.1) is 0 Å². The zero-order valence-corrected chi connectivity index (χ0v) is 8.16. The molecule has 0 amide bonds. The summed E-state index contributed by atoms with van der Waals surface area (Å²) in [5.74, 6) is -0.983. The Labute approximate surface area is 91.0 Å². The van der Waals surface area contributed by atoms with Crippen molar-refractivity contribution in [1.29, 1.82) is 0 Å². The van der Waals surface area contributed by atoms with Crippen molar-refractivity contribution in [2.75, 3.05) is 0 Å². The largest absolute Gasteiger partial charge is 0.508 e. The molecule has 0 atom stereocenters. The standard InChI is InChI=1S/C11H8N2O3/c14-8-3-1-7(2-4-8)9-5-12-6-13-10(9)11(15)16/h1-6,14H,(H,15,16). The Hall–Kier alpha value is -2.43. The number of aromatic nitrogens is 2. The molecule has 0 radical (unpaired) electrons. The van der Waals surface area contributed by atoms with Gasteiger partial charge in [-0.3, -0.25) is 0 Å². The van der Waals surface area contributed by atoms with Crippen LogP contribution >= 0.6 is 0 Å². The zero-order valence-electron chi connectivity index (χ0n) is 8.16. The second-order valence-corrected chi connectivity index (χ2v) is 3.14. The Balaban J connectivity index is 2.55. The van der Waals surface area contributed by atoms with Gasteiger partial charge in [0.25, 0.3) is 0 Å². The first-order chi connectivity index (χ1) is 7.68. The van der Waals surface area contributed by atoms with Gasteiger partial charge in [-0.2, -0.15) is 0 Å². The highest BCUT2D eigenvalue weighted by molar-refractivity contribution is 5.93. The molecule has 80 valence electrons. The molecule has 1 heterocycles. The number of hydrogen-bond donors (Lipinski definition) is 2. The highest BCUT2D eigenvalue weighted by Crippen LogP contribution is 2.23. The first kappa shape index (κ1) is 10.1. The molecule has 0 fully saturated rings. The average Bonchev–Trinajstić information content (AvgIpc) is 2.30. The third-order valence-corrected chi connectivity index (χ3v) is 2.09. The van der Waals surface area contributed by atoms with Gasteiger partial charge in [-0.15, -0.1) is 0 Å². The van der Waals surface area contributed by atoms with Gasteiger partial charge < -0.3 is 10.2 Å². The molecule has 0 bridgehead atoms. The summed E-state index contributed by atoms with van der Waals surface area (Å²) >= 11 is 0. The van der Waals surface area contributed by atoms with Crippen molar-refractivity contribution >= 4 is 5.97 Å². The molecule has 2 aromatic rings. The molecule has 5 heteroatoms. The molecular weight excluding hydrogens is 208 g/mol. The molecule has 0 unspecified atom stereocenters. The highest BCUT2D eigenvalue weighted by Gasteiger charge is 2.12. The lowest BCUT2D eigenvalue weighted by atomic mass is 10.1. The number of aromatic carboxylic acids is 1. The number of benzene rings is 1. The topological polar surface area (TPSA) is 83.3 Å². The van der Waals surface area contributed by atoms with Crippen molar-refractivity contribution in [3.8, 4) is 16.9 Å². The predicted molar refractivity (Wildman–Crippen MR) is 56.1 cm³/mol. The maximum absolute atomic E-state index is 10.9. The molecule has 0 aliphatic rings. The molecule has 1 aromatic heterocycles. The van der Waals surface area contributed by atoms with E-state index in [0.717, 1.165) is 0 Å². The summed E-state index contributed by atoms with van der Waals surface area (Å²) in [6, 6.07) is 6.18. The Kier molecular flexibility index (Phi) is 2.51. The number of phenolic OH excluding ortho intramolecular Hbond substituents is 1. The summed E-state index contributed by atoms with van der Waals surface area (Å²) in [4.78, 5) is 18.4. The molecule has 0 aliphatic heterocycles. The van der Waals surface area contributed by atoms with E-state index in [1.807, 2.05) is 0 Å². The number of hydrogen-bond acceptors (Lipinski definition) is 4. The van der Waals surface area contributed by atoms with Gasteiger partial charge in [0.1, 0.15) is 12.1 Å². The van der Waals surface area contributed by atoms with E-state index in [1.165, 1.54) is 24.7 Å². The molecular formula is C11H8N2O3. The highest BCUT2D eigenvalue weighted by atomic mass is 16.4. The summed E-state index contributed by atoms with van der Waals surface area (Å²) in [5.41, 5.74) is 1.02. The van der Waals surface area contributed by atoms with Crippen molar-refractivity contribution < 1.29 is 15.0 Å². The molecule has 1 aromatic carbocycles. The van der Waals surface area contributed by atoms with E-state index in [1.54, 1.807) is 12.1 Å². The molecule has 0 aliphatic carbocycles. The van der Waals surface area contributed by atoms with Crippen LogP contribution in [0.2, 0.25) is 0 Å². The van der Waals surface area contributed by atoms with Crippen LogP contribution in [0, 0.1) is 0 Å². The van der Waals surface area contributed by atoms with Crippen molar-refractivity contribution in [3.05, 3.63) is 42.5 Å². The lowest BCUT2D eigenvalue weighted by Crippen LogP contribution is -2.03. The monoisotopic (exact) mass is 216 g/mol. The number of rotatable bonds is 2. The van der Waals surface area contributed by atoms with Crippen LogP contribution in [0.15, 0.2) is 36.8 Å². The van der Waals surface area contributed by atoms with Crippen LogP contribution in [0.25, 0.3) is 11.1 Å². The summed E-state index contributed by atoms with van der Waals surface area (Å²) in [6.45, 7) is 0. The minimum absolute atomic E-state index is 0.0549. The Morgan fingerprint density at radius 2 is 1.88 bits per heavy atom. The van der Waals surface area contributed by atoms with Crippen molar-refractivity contribution in [3.63, 3.8) is 0 Å². The maximum atomic E-state index is 10.9. The first-order valence-corrected chi connectivity index (χ1v) is 4.51. The number of nitrogens with zero attached hydrogens (tertiary/aromatic N) is 2. The molecule has 5 nitrogen and oxygen atoms in total. The van der Waals surface area contributed by atoms with E-state index in [-0.39, 0.29) is 11.4 Å². The number of phenols is 1. The van der Waals surface area contributed by atoms with E-state index in [9.17, 15) is 4.79 Å². The van der Waals surface area contributed by atoms with Crippen molar-refractivity contribution in [2.24, 2.45) is 0 Å². The second-order valence-electron chi connectivity index (χ2n) is 3.14. The van der Waals surface area contributed by atoms with E-state index in [4.69, 9.17) is 10.2 Å². The molecule has 0 spiro atoms. The summed E-state index contributed by atoms with van der Waals surface area (Å²) in [7, 11) is 0. The summed E-state index contributed by atoms with van der Waals surface area (Å²) in [6.07, 6.45) is 2.62. The maximum Gasteiger partial charge on any atom is 0.355 e. The van der Waals surface area contributed by atoms with Crippen LogP contribution < -0.4 is 0 Å².